The summed E-state index contributed by atoms with van der Waals surface area (Å²) < 4.78 is 5.53. The molecule has 0 amide bonds. The van der Waals surface area contributed by atoms with E-state index in [4.69, 9.17) is 4.74 Å². The minimum atomic E-state index is 0.729. The van der Waals surface area contributed by atoms with Gasteiger partial charge in [-0.3, -0.25) is 0 Å². The minimum Gasteiger partial charge on any atom is -0.494 e. The topological polar surface area (TPSA) is 37.2 Å². The smallest absolute Gasteiger partial charge is 0.148 e. The Bertz CT molecular complexity index is 881. The molecule has 3 aromatic carbocycles. The largest absolute Gasteiger partial charge is 0.494 e. The number of methoxy groups -OCH3 is 1. The summed E-state index contributed by atoms with van der Waals surface area (Å²) >= 11 is 0. The van der Waals surface area contributed by atoms with Crippen molar-refractivity contribution in [2.75, 3.05) is 12.0 Å². The van der Waals surface area contributed by atoms with E-state index in [9.17, 15) is 0 Å². The van der Waals surface area contributed by atoms with Gasteiger partial charge in [0.1, 0.15) is 11.4 Å². The van der Waals surface area contributed by atoms with Gasteiger partial charge in [0, 0.05) is 24.8 Å². The summed E-state index contributed by atoms with van der Waals surface area (Å²) in [4.78, 5) is 2.34. The minimum absolute atomic E-state index is 0.729. The van der Waals surface area contributed by atoms with E-state index in [1.807, 2.05) is 42.5 Å². The molecule has 1 aliphatic rings. The molecule has 0 bridgehead atoms. The average molecular weight is 329 g/mol. The standard InChI is InChI=1S/C21H19N3O/c1-25-21-13-19(24-14-16-7-5-6-8-17(16)15-24)11-12-20(21)23-22-18-9-3-2-4-10-18/h2-13H,14-15H2,1H3. The van der Waals surface area contributed by atoms with Gasteiger partial charge in [0.25, 0.3) is 0 Å². The van der Waals surface area contributed by atoms with Gasteiger partial charge in [0.15, 0.2) is 0 Å². The second-order valence-corrected chi connectivity index (χ2v) is 6.02. The maximum atomic E-state index is 5.53. The predicted octanol–water partition coefficient (Wildman–Crippen LogP) is 5.63. The Kier molecular flexibility index (Phi) is 4.17. The molecule has 1 aliphatic heterocycles. The Morgan fingerprint density at radius 2 is 1.48 bits per heavy atom. The van der Waals surface area contributed by atoms with Gasteiger partial charge in [-0.2, -0.15) is 5.11 Å². The van der Waals surface area contributed by atoms with Crippen molar-refractivity contribution in [2.24, 2.45) is 10.2 Å². The van der Waals surface area contributed by atoms with Gasteiger partial charge in [-0.1, -0.05) is 42.5 Å². The van der Waals surface area contributed by atoms with Crippen LogP contribution >= 0.6 is 0 Å². The Labute approximate surface area is 147 Å². The van der Waals surface area contributed by atoms with Crippen LogP contribution in [-0.2, 0) is 13.1 Å². The van der Waals surface area contributed by atoms with E-state index in [2.05, 4.69) is 45.5 Å². The van der Waals surface area contributed by atoms with Crippen LogP contribution in [0.5, 0.6) is 5.75 Å². The van der Waals surface area contributed by atoms with Gasteiger partial charge in [-0.15, -0.1) is 5.11 Å². The lowest BCUT2D eigenvalue weighted by Crippen LogP contribution is -2.14. The number of ether oxygens (including phenoxy) is 1. The van der Waals surface area contributed by atoms with Crippen molar-refractivity contribution in [3.63, 3.8) is 0 Å². The van der Waals surface area contributed by atoms with E-state index in [0.29, 0.717) is 0 Å². The van der Waals surface area contributed by atoms with Crippen LogP contribution in [0.25, 0.3) is 0 Å². The molecule has 0 unspecified atom stereocenters. The van der Waals surface area contributed by atoms with Crippen molar-refractivity contribution >= 4 is 17.1 Å². The van der Waals surface area contributed by atoms with Crippen molar-refractivity contribution in [3.05, 3.63) is 83.9 Å². The molecule has 0 N–H and O–H groups in total. The summed E-state index contributed by atoms with van der Waals surface area (Å²) in [6.07, 6.45) is 0. The Hall–Kier alpha value is -3.14. The molecule has 0 fully saturated rings. The quantitative estimate of drug-likeness (QED) is 0.582. The van der Waals surface area contributed by atoms with Gasteiger partial charge in [-0.05, 0) is 35.4 Å². The average Bonchev–Trinajstić information content (AvgIpc) is 3.11. The summed E-state index contributed by atoms with van der Waals surface area (Å²) in [5.74, 6) is 0.730. The third-order valence-corrected chi connectivity index (χ3v) is 4.40. The molecule has 4 nitrogen and oxygen atoms in total. The molecule has 0 atom stereocenters. The fraction of sp³-hybridized carbons (Fsp3) is 0.143. The van der Waals surface area contributed by atoms with E-state index >= 15 is 0 Å². The number of hydrogen-bond acceptors (Lipinski definition) is 4. The highest BCUT2D eigenvalue weighted by Gasteiger charge is 2.19. The SMILES string of the molecule is COc1cc(N2Cc3ccccc3C2)ccc1N=Nc1ccccc1. The zero-order valence-corrected chi connectivity index (χ0v) is 14.1. The first kappa shape index (κ1) is 15.4. The number of azo groups is 1. The van der Waals surface area contributed by atoms with Gasteiger partial charge < -0.3 is 9.64 Å². The molecule has 0 aromatic heterocycles. The maximum Gasteiger partial charge on any atom is 0.148 e. The van der Waals surface area contributed by atoms with E-state index in [-0.39, 0.29) is 0 Å². The van der Waals surface area contributed by atoms with Gasteiger partial charge >= 0.3 is 0 Å². The van der Waals surface area contributed by atoms with Crippen LogP contribution in [0.4, 0.5) is 17.1 Å². The number of fused-ring (bicyclic) bond motifs is 1. The van der Waals surface area contributed by atoms with E-state index in [1.165, 1.54) is 11.1 Å². The van der Waals surface area contributed by atoms with Gasteiger partial charge in [-0.25, -0.2) is 0 Å². The van der Waals surface area contributed by atoms with Crippen molar-refractivity contribution in [2.45, 2.75) is 13.1 Å². The van der Waals surface area contributed by atoms with Crippen LogP contribution in [0.15, 0.2) is 83.0 Å². The first-order valence-electron chi connectivity index (χ1n) is 8.30. The number of rotatable bonds is 4. The van der Waals surface area contributed by atoms with Crippen molar-refractivity contribution in [1.29, 1.82) is 0 Å². The molecule has 3 aromatic rings. The molecule has 0 spiro atoms. The molecule has 124 valence electrons. The Balaban J connectivity index is 1.57. The highest BCUT2D eigenvalue weighted by atomic mass is 16.5. The summed E-state index contributed by atoms with van der Waals surface area (Å²) in [7, 11) is 1.67. The lowest BCUT2D eigenvalue weighted by molar-refractivity contribution is 0.416. The van der Waals surface area contributed by atoms with E-state index in [1.54, 1.807) is 7.11 Å². The summed E-state index contributed by atoms with van der Waals surface area (Å²) in [5.41, 5.74) is 5.45. The third-order valence-electron chi connectivity index (χ3n) is 4.40. The second kappa shape index (κ2) is 6.77. The van der Waals surface area contributed by atoms with Crippen LogP contribution < -0.4 is 9.64 Å². The molecule has 4 rings (SSSR count). The lowest BCUT2D eigenvalue weighted by atomic mass is 10.1. The Morgan fingerprint density at radius 3 is 2.16 bits per heavy atom. The second-order valence-electron chi connectivity index (χ2n) is 6.02. The number of nitrogens with zero attached hydrogens (tertiary/aromatic N) is 3. The van der Waals surface area contributed by atoms with Crippen LogP contribution in [0, 0.1) is 0 Å². The molecule has 25 heavy (non-hydrogen) atoms. The number of anilines is 1. The van der Waals surface area contributed by atoms with Gasteiger partial charge in [0.05, 0.1) is 12.8 Å². The van der Waals surface area contributed by atoms with Crippen LogP contribution in [0.1, 0.15) is 11.1 Å². The fourth-order valence-corrected chi connectivity index (χ4v) is 3.07. The van der Waals surface area contributed by atoms with Gasteiger partial charge in [0.2, 0.25) is 0 Å². The fourth-order valence-electron chi connectivity index (χ4n) is 3.07. The maximum absolute atomic E-state index is 5.53. The first-order chi connectivity index (χ1) is 12.3. The molecular formula is C21H19N3O. The zero-order chi connectivity index (χ0) is 17.1. The number of benzene rings is 3. The van der Waals surface area contributed by atoms with Crippen LogP contribution in [0.2, 0.25) is 0 Å². The highest BCUT2D eigenvalue weighted by molar-refractivity contribution is 5.63. The first-order valence-corrected chi connectivity index (χ1v) is 8.30. The molecule has 0 saturated carbocycles. The lowest BCUT2D eigenvalue weighted by Gasteiger charge is -2.19. The van der Waals surface area contributed by atoms with Crippen LogP contribution in [-0.4, -0.2) is 7.11 Å². The summed E-state index contributed by atoms with van der Waals surface area (Å²) in [5, 5.41) is 8.61. The van der Waals surface area contributed by atoms with E-state index in [0.717, 1.165) is 35.9 Å². The zero-order valence-electron chi connectivity index (χ0n) is 14.1. The molecule has 0 radical (unpaired) electrons. The van der Waals surface area contributed by atoms with Crippen LogP contribution in [0.3, 0.4) is 0 Å². The monoisotopic (exact) mass is 329 g/mol. The predicted molar refractivity (Wildman–Crippen MR) is 99.9 cm³/mol. The summed E-state index contributed by atoms with van der Waals surface area (Å²) in [6, 6.07) is 24.3. The van der Waals surface area contributed by atoms with Crippen molar-refractivity contribution in [3.8, 4) is 5.75 Å². The van der Waals surface area contributed by atoms with Crippen molar-refractivity contribution < 1.29 is 4.74 Å². The van der Waals surface area contributed by atoms with Crippen molar-refractivity contribution in [1.82, 2.24) is 0 Å². The highest BCUT2D eigenvalue weighted by Crippen LogP contribution is 2.36. The third kappa shape index (κ3) is 3.24. The normalized spacial score (nSPS) is 13.2. The molecule has 0 aliphatic carbocycles. The Morgan fingerprint density at radius 1 is 0.800 bits per heavy atom. The van der Waals surface area contributed by atoms with E-state index < -0.39 is 0 Å². The summed E-state index contributed by atoms with van der Waals surface area (Å²) in [6.45, 7) is 1.84. The molecule has 1 heterocycles. The molecule has 0 saturated heterocycles. The molecular weight excluding hydrogens is 310 g/mol. The number of hydrogen-bond donors (Lipinski definition) is 0. The molecule has 4 heteroatoms.